The SMILES string of the molecule is COc1cccc(-c2nc(COC(=O)c3[nH]c(C)c(C(C)=O)c3C)cs2)c1OC. The lowest BCUT2D eigenvalue weighted by atomic mass is 10.1. The monoisotopic (exact) mass is 414 g/mol. The Kier molecular flexibility index (Phi) is 6.03. The molecule has 0 aliphatic heterocycles. The minimum absolute atomic E-state index is 0.0224. The van der Waals surface area contributed by atoms with Crippen molar-refractivity contribution in [3.8, 4) is 22.1 Å². The average Bonchev–Trinajstić information content (AvgIpc) is 3.29. The van der Waals surface area contributed by atoms with Crippen LogP contribution in [0.3, 0.4) is 0 Å². The highest BCUT2D eigenvalue weighted by molar-refractivity contribution is 7.13. The average molecular weight is 414 g/mol. The van der Waals surface area contributed by atoms with E-state index in [1.807, 2.05) is 23.6 Å². The number of aromatic nitrogens is 2. The summed E-state index contributed by atoms with van der Waals surface area (Å²) in [5, 5.41) is 2.56. The fourth-order valence-corrected chi connectivity index (χ4v) is 4.07. The lowest BCUT2D eigenvalue weighted by Gasteiger charge is -2.10. The van der Waals surface area contributed by atoms with Crippen molar-refractivity contribution in [2.45, 2.75) is 27.4 Å². The van der Waals surface area contributed by atoms with Gasteiger partial charge in [-0.25, -0.2) is 9.78 Å². The molecule has 3 aromatic rings. The first-order valence-electron chi connectivity index (χ1n) is 8.90. The number of hydrogen-bond donors (Lipinski definition) is 1. The highest BCUT2D eigenvalue weighted by atomic mass is 32.1. The van der Waals surface area contributed by atoms with Crippen LogP contribution in [0.4, 0.5) is 0 Å². The third-order valence-corrected chi connectivity index (χ3v) is 5.45. The number of thiazole rings is 1. The molecule has 2 heterocycles. The zero-order valence-corrected chi connectivity index (χ0v) is 17.7. The Morgan fingerprint density at radius 3 is 2.55 bits per heavy atom. The van der Waals surface area contributed by atoms with E-state index in [0.29, 0.717) is 34.0 Å². The molecule has 8 heteroatoms. The topological polar surface area (TPSA) is 90.5 Å². The first-order valence-corrected chi connectivity index (χ1v) is 9.78. The van der Waals surface area contributed by atoms with Crippen molar-refractivity contribution in [3.05, 3.63) is 51.8 Å². The van der Waals surface area contributed by atoms with Gasteiger partial charge in [-0.1, -0.05) is 6.07 Å². The predicted molar refractivity (Wildman–Crippen MR) is 110 cm³/mol. The Morgan fingerprint density at radius 2 is 1.93 bits per heavy atom. The summed E-state index contributed by atoms with van der Waals surface area (Å²) in [5.41, 5.74) is 3.49. The molecule has 3 rings (SSSR count). The number of carbonyl (C=O) groups is 2. The Hall–Kier alpha value is -3.13. The summed E-state index contributed by atoms with van der Waals surface area (Å²) >= 11 is 1.42. The van der Waals surface area contributed by atoms with Gasteiger partial charge < -0.3 is 19.2 Å². The van der Waals surface area contributed by atoms with E-state index in [1.54, 1.807) is 28.1 Å². The molecule has 2 aromatic heterocycles. The Labute approximate surface area is 172 Å². The number of para-hydroxylation sites is 1. The number of esters is 1. The number of nitrogens with one attached hydrogen (secondary N) is 1. The number of nitrogens with zero attached hydrogens (tertiary/aromatic N) is 1. The van der Waals surface area contributed by atoms with Crippen molar-refractivity contribution >= 4 is 23.1 Å². The Morgan fingerprint density at radius 1 is 1.17 bits per heavy atom. The maximum atomic E-state index is 12.5. The molecule has 1 N–H and O–H groups in total. The van der Waals surface area contributed by atoms with Crippen LogP contribution in [0.5, 0.6) is 11.5 Å². The second-order valence-electron chi connectivity index (χ2n) is 6.44. The van der Waals surface area contributed by atoms with Crippen LogP contribution in [-0.2, 0) is 11.3 Å². The van der Waals surface area contributed by atoms with Crippen LogP contribution < -0.4 is 9.47 Å². The second-order valence-corrected chi connectivity index (χ2v) is 7.30. The van der Waals surface area contributed by atoms with Gasteiger partial charge in [-0.15, -0.1) is 11.3 Å². The van der Waals surface area contributed by atoms with Gasteiger partial charge in [0.2, 0.25) is 0 Å². The summed E-state index contributed by atoms with van der Waals surface area (Å²) < 4.78 is 16.2. The first-order chi connectivity index (χ1) is 13.9. The fourth-order valence-electron chi connectivity index (χ4n) is 3.25. The lowest BCUT2D eigenvalue weighted by Crippen LogP contribution is -2.08. The number of rotatable bonds is 7. The zero-order valence-electron chi connectivity index (χ0n) is 16.9. The third-order valence-electron chi connectivity index (χ3n) is 4.53. The van der Waals surface area contributed by atoms with Gasteiger partial charge in [0.05, 0.1) is 25.5 Å². The number of benzene rings is 1. The molecule has 0 spiro atoms. The van der Waals surface area contributed by atoms with E-state index in [4.69, 9.17) is 14.2 Å². The van der Waals surface area contributed by atoms with Gasteiger partial charge in [0.15, 0.2) is 17.3 Å². The van der Waals surface area contributed by atoms with E-state index < -0.39 is 5.97 Å². The predicted octanol–water partition coefficient (Wildman–Crippen LogP) is 4.33. The van der Waals surface area contributed by atoms with Crippen LogP contribution in [0.25, 0.3) is 10.6 Å². The van der Waals surface area contributed by atoms with Crippen molar-refractivity contribution in [1.82, 2.24) is 9.97 Å². The van der Waals surface area contributed by atoms with Gasteiger partial charge in [-0.2, -0.15) is 0 Å². The van der Waals surface area contributed by atoms with E-state index in [1.165, 1.54) is 18.3 Å². The fraction of sp³-hybridized carbons (Fsp3) is 0.286. The van der Waals surface area contributed by atoms with Crippen LogP contribution >= 0.6 is 11.3 Å². The summed E-state index contributed by atoms with van der Waals surface area (Å²) in [4.78, 5) is 31.7. The maximum Gasteiger partial charge on any atom is 0.355 e. The van der Waals surface area contributed by atoms with E-state index in [2.05, 4.69) is 9.97 Å². The van der Waals surface area contributed by atoms with Crippen LogP contribution in [0.2, 0.25) is 0 Å². The molecular formula is C21H22N2O5S. The largest absolute Gasteiger partial charge is 0.493 e. The Balaban J connectivity index is 1.76. The molecule has 0 bridgehead atoms. The molecular weight excluding hydrogens is 392 g/mol. The molecule has 0 aliphatic rings. The van der Waals surface area contributed by atoms with Crippen molar-refractivity contribution in [2.75, 3.05) is 14.2 Å². The quantitative estimate of drug-likeness (QED) is 0.457. The number of carbonyl (C=O) groups excluding carboxylic acids is 2. The van der Waals surface area contributed by atoms with E-state index in [-0.39, 0.29) is 18.1 Å². The summed E-state index contributed by atoms with van der Waals surface area (Å²) in [5.74, 6) is 0.604. The minimum Gasteiger partial charge on any atom is -0.493 e. The highest BCUT2D eigenvalue weighted by Gasteiger charge is 2.21. The standard InChI is InChI=1S/C21H22N2O5S/c1-11-17(13(3)24)12(2)22-18(11)21(25)28-9-14-10-29-20(23-14)15-7-6-8-16(26-4)19(15)27-5/h6-8,10,22H,9H2,1-5H3. The van der Waals surface area contributed by atoms with Crippen LogP contribution in [0.15, 0.2) is 23.6 Å². The number of aromatic amines is 1. The van der Waals surface area contributed by atoms with Gasteiger partial charge in [-0.05, 0) is 38.5 Å². The maximum absolute atomic E-state index is 12.5. The lowest BCUT2D eigenvalue weighted by molar-refractivity contribution is 0.0461. The minimum atomic E-state index is -0.522. The summed E-state index contributed by atoms with van der Waals surface area (Å²) in [6, 6.07) is 5.57. The Bertz CT molecular complexity index is 1070. The highest BCUT2D eigenvalue weighted by Crippen LogP contribution is 2.39. The number of hydrogen-bond acceptors (Lipinski definition) is 7. The molecule has 0 fully saturated rings. The van der Waals surface area contributed by atoms with Crippen molar-refractivity contribution < 1.29 is 23.8 Å². The van der Waals surface area contributed by atoms with Gasteiger partial charge in [-0.3, -0.25) is 4.79 Å². The molecule has 7 nitrogen and oxygen atoms in total. The van der Waals surface area contributed by atoms with Crippen LogP contribution in [0, 0.1) is 13.8 Å². The van der Waals surface area contributed by atoms with E-state index in [0.717, 1.165) is 10.6 Å². The summed E-state index contributed by atoms with van der Waals surface area (Å²) in [7, 11) is 3.16. The van der Waals surface area contributed by atoms with Gasteiger partial charge in [0, 0.05) is 16.6 Å². The molecule has 0 atom stereocenters. The molecule has 1 aromatic carbocycles. The molecule has 0 radical (unpaired) electrons. The van der Waals surface area contributed by atoms with Gasteiger partial charge in [0.25, 0.3) is 0 Å². The second kappa shape index (κ2) is 8.48. The third kappa shape index (κ3) is 4.02. The number of methoxy groups -OCH3 is 2. The van der Waals surface area contributed by atoms with E-state index >= 15 is 0 Å². The smallest absolute Gasteiger partial charge is 0.355 e. The van der Waals surface area contributed by atoms with Gasteiger partial charge >= 0.3 is 5.97 Å². The van der Waals surface area contributed by atoms with Crippen molar-refractivity contribution in [2.24, 2.45) is 0 Å². The summed E-state index contributed by atoms with van der Waals surface area (Å²) in [6.45, 7) is 4.98. The number of Topliss-reactive ketones (excluding diaryl/α,β-unsaturated/α-hetero) is 1. The van der Waals surface area contributed by atoms with E-state index in [9.17, 15) is 9.59 Å². The van der Waals surface area contributed by atoms with Crippen molar-refractivity contribution in [3.63, 3.8) is 0 Å². The zero-order chi connectivity index (χ0) is 21.1. The first kappa shape index (κ1) is 20.6. The normalized spacial score (nSPS) is 10.7. The molecule has 152 valence electrons. The van der Waals surface area contributed by atoms with Crippen LogP contribution in [0.1, 0.15) is 44.7 Å². The number of ketones is 1. The van der Waals surface area contributed by atoms with Crippen molar-refractivity contribution in [1.29, 1.82) is 0 Å². The molecule has 0 unspecified atom stereocenters. The van der Waals surface area contributed by atoms with Crippen LogP contribution in [-0.4, -0.2) is 35.9 Å². The molecule has 29 heavy (non-hydrogen) atoms. The number of ether oxygens (including phenoxy) is 3. The van der Waals surface area contributed by atoms with Gasteiger partial charge in [0.1, 0.15) is 17.3 Å². The molecule has 0 saturated heterocycles. The molecule has 0 aliphatic carbocycles. The molecule has 0 saturated carbocycles. The summed E-state index contributed by atoms with van der Waals surface area (Å²) in [6.07, 6.45) is 0. The number of aryl methyl sites for hydroxylation is 1. The number of H-pyrrole nitrogens is 1. The molecule has 0 amide bonds.